The molecule has 6 heteroatoms. The molecule has 0 aliphatic heterocycles. The van der Waals surface area contributed by atoms with E-state index in [0.29, 0.717) is 5.78 Å². The molecule has 0 aliphatic carbocycles. The monoisotopic (exact) mass is 254 g/mol. The van der Waals surface area contributed by atoms with Crippen LogP contribution in [0.2, 0.25) is 0 Å². The van der Waals surface area contributed by atoms with E-state index in [-0.39, 0.29) is 12.2 Å². The van der Waals surface area contributed by atoms with Crippen molar-refractivity contribution in [1.29, 1.82) is 0 Å². The smallest absolute Gasteiger partial charge is 0.311 e. The molecule has 1 aromatic carbocycles. The normalized spacial score (nSPS) is 10.7. The molecule has 2 aromatic heterocycles. The fraction of sp³-hybridized carbons (Fsp3) is 0.0769. The molecule has 1 N–H and O–H groups in total. The number of hydrogen-bond donors (Lipinski definition) is 1. The Bertz CT molecular complexity index is 737. The quantitative estimate of drug-likeness (QED) is 0.764. The standard InChI is InChI=1S/C13H10N4O2/c18-12(19)8-11-15-13-14-7-6-10(17(13)16-11)9-4-2-1-3-5-9/h1-7H,8H2,(H,18,19). The summed E-state index contributed by atoms with van der Waals surface area (Å²) in [7, 11) is 0. The lowest BCUT2D eigenvalue weighted by Crippen LogP contribution is -2.02. The molecular formula is C13H10N4O2. The Balaban J connectivity index is 2.15. The molecule has 0 atom stereocenters. The maximum absolute atomic E-state index is 10.7. The highest BCUT2D eigenvalue weighted by Crippen LogP contribution is 2.18. The predicted octanol–water partition coefficient (Wildman–Crippen LogP) is 1.42. The molecule has 0 saturated heterocycles. The molecule has 0 fully saturated rings. The fourth-order valence-corrected chi connectivity index (χ4v) is 1.87. The van der Waals surface area contributed by atoms with E-state index in [9.17, 15) is 4.79 Å². The van der Waals surface area contributed by atoms with Crippen LogP contribution >= 0.6 is 0 Å². The lowest BCUT2D eigenvalue weighted by molar-refractivity contribution is -0.136. The van der Waals surface area contributed by atoms with E-state index in [4.69, 9.17) is 5.11 Å². The Hall–Kier alpha value is -2.76. The average molecular weight is 254 g/mol. The average Bonchev–Trinajstić information content (AvgIpc) is 2.80. The number of hydrogen-bond acceptors (Lipinski definition) is 4. The number of nitrogens with zero attached hydrogens (tertiary/aromatic N) is 4. The van der Waals surface area contributed by atoms with E-state index < -0.39 is 5.97 Å². The van der Waals surface area contributed by atoms with Crippen LogP contribution in [0.25, 0.3) is 17.0 Å². The summed E-state index contributed by atoms with van der Waals surface area (Å²) in [4.78, 5) is 18.9. The molecule has 0 unspecified atom stereocenters. The zero-order chi connectivity index (χ0) is 13.2. The molecule has 0 amide bonds. The van der Waals surface area contributed by atoms with Crippen LogP contribution in [0.5, 0.6) is 0 Å². The highest BCUT2D eigenvalue weighted by Gasteiger charge is 2.11. The molecule has 0 spiro atoms. The van der Waals surface area contributed by atoms with E-state index in [2.05, 4.69) is 15.1 Å². The van der Waals surface area contributed by atoms with Gasteiger partial charge in [-0.05, 0) is 6.07 Å². The number of rotatable bonds is 3. The van der Waals surface area contributed by atoms with E-state index in [0.717, 1.165) is 11.3 Å². The molecule has 3 aromatic rings. The molecule has 0 saturated carbocycles. The van der Waals surface area contributed by atoms with Crippen molar-refractivity contribution in [2.45, 2.75) is 6.42 Å². The summed E-state index contributed by atoms with van der Waals surface area (Å²) in [5, 5.41) is 13.0. The van der Waals surface area contributed by atoms with Crippen molar-refractivity contribution in [2.24, 2.45) is 0 Å². The Morgan fingerprint density at radius 3 is 2.74 bits per heavy atom. The van der Waals surface area contributed by atoms with Crippen LogP contribution in [0.3, 0.4) is 0 Å². The van der Waals surface area contributed by atoms with Gasteiger partial charge in [0.25, 0.3) is 5.78 Å². The summed E-state index contributed by atoms with van der Waals surface area (Å²) in [6, 6.07) is 11.5. The lowest BCUT2D eigenvalue weighted by atomic mass is 10.1. The summed E-state index contributed by atoms with van der Waals surface area (Å²) in [5.41, 5.74) is 1.80. The summed E-state index contributed by atoms with van der Waals surface area (Å²) in [6.07, 6.45) is 1.43. The second kappa shape index (κ2) is 4.49. The van der Waals surface area contributed by atoms with Gasteiger partial charge >= 0.3 is 5.97 Å². The maximum Gasteiger partial charge on any atom is 0.311 e. The SMILES string of the molecule is O=C(O)Cc1nc2nccc(-c3ccccc3)n2n1. The zero-order valence-electron chi connectivity index (χ0n) is 9.89. The second-order valence-corrected chi connectivity index (χ2v) is 4.01. The van der Waals surface area contributed by atoms with Crippen molar-refractivity contribution in [2.75, 3.05) is 0 Å². The van der Waals surface area contributed by atoms with Gasteiger partial charge in [0.15, 0.2) is 5.82 Å². The van der Waals surface area contributed by atoms with Crippen LogP contribution in [-0.2, 0) is 11.2 Å². The Morgan fingerprint density at radius 2 is 2.00 bits per heavy atom. The zero-order valence-corrected chi connectivity index (χ0v) is 9.89. The topological polar surface area (TPSA) is 80.4 Å². The minimum Gasteiger partial charge on any atom is -0.481 e. The minimum atomic E-state index is -0.961. The number of carboxylic acid groups (broad SMARTS) is 1. The van der Waals surface area contributed by atoms with Crippen LogP contribution in [-0.4, -0.2) is 30.7 Å². The van der Waals surface area contributed by atoms with Crippen LogP contribution < -0.4 is 0 Å². The van der Waals surface area contributed by atoms with Gasteiger partial charge in [0.2, 0.25) is 0 Å². The third-order valence-corrected chi connectivity index (χ3v) is 2.66. The molecule has 19 heavy (non-hydrogen) atoms. The van der Waals surface area contributed by atoms with Gasteiger partial charge in [-0.25, -0.2) is 4.98 Å². The van der Waals surface area contributed by atoms with Gasteiger partial charge in [-0.2, -0.15) is 9.50 Å². The molecule has 0 aliphatic rings. The van der Waals surface area contributed by atoms with Crippen LogP contribution in [0, 0.1) is 0 Å². The summed E-state index contributed by atoms with van der Waals surface area (Å²) in [5.74, 6) is -0.307. The van der Waals surface area contributed by atoms with Gasteiger partial charge < -0.3 is 5.11 Å². The summed E-state index contributed by atoms with van der Waals surface area (Å²) < 4.78 is 1.56. The van der Waals surface area contributed by atoms with Crippen LogP contribution in [0.4, 0.5) is 0 Å². The van der Waals surface area contributed by atoms with Gasteiger partial charge in [-0.1, -0.05) is 30.3 Å². The summed E-state index contributed by atoms with van der Waals surface area (Å²) in [6.45, 7) is 0. The van der Waals surface area contributed by atoms with Gasteiger partial charge in [-0.15, -0.1) is 5.10 Å². The third kappa shape index (κ3) is 2.15. The van der Waals surface area contributed by atoms with Crippen molar-refractivity contribution >= 4 is 11.7 Å². The maximum atomic E-state index is 10.7. The van der Waals surface area contributed by atoms with Crippen molar-refractivity contribution in [3.05, 3.63) is 48.4 Å². The van der Waals surface area contributed by atoms with Gasteiger partial charge in [-0.3, -0.25) is 4.79 Å². The summed E-state index contributed by atoms with van der Waals surface area (Å²) >= 11 is 0. The largest absolute Gasteiger partial charge is 0.481 e. The van der Waals surface area contributed by atoms with Gasteiger partial charge in [0.1, 0.15) is 6.42 Å². The third-order valence-electron chi connectivity index (χ3n) is 2.66. The molecule has 2 heterocycles. The molecule has 6 nitrogen and oxygen atoms in total. The van der Waals surface area contributed by atoms with Gasteiger partial charge in [0, 0.05) is 11.8 Å². The van der Waals surface area contributed by atoms with E-state index in [1.807, 2.05) is 36.4 Å². The molecule has 0 radical (unpaired) electrons. The lowest BCUT2D eigenvalue weighted by Gasteiger charge is -2.02. The van der Waals surface area contributed by atoms with Crippen molar-refractivity contribution in [3.63, 3.8) is 0 Å². The van der Waals surface area contributed by atoms with Gasteiger partial charge in [0.05, 0.1) is 5.69 Å². The first-order valence-corrected chi connectivity index (χ1v) is 5.72. The van der Waals surface area contributed by atoms with E-state index >= 15 is 0 Å². The first-order chi connectivity index (χ1) is 9.24. The Labute approximate surface area is 108 Å². The first kappa shape index (κ1) is 11.3. The number of carbonyl (C=O) groups is 1. The number of aromatic nitrogens is 4. The van der Waals surface area contributed by atoms with E-state index in [1.54, 1.807) is 10.7 Å². The molecule has 3 rings (SSSR count). The van der Waals surface area contributed by atoms with Crippen molar-refractivity contribution in [1.82, 2.24) is 19.6 Å². The molecule has 94 valence electrons. The second-order valence-electron chi connectivity index (χ2n) is 4.01. The Kier molecular flexibility index (Phi) is 2.68. The first-order valence-electron chi connectivity index (χ1n) is 5.72. The highest BCUT2D eigenvalue weighted by molar-refractivity contribution is 5.69. The van der Waals surface area contributed by atoms with Crippen molar-refractivity contribution < 1.29 is 9.90 Å². The Morgan fingerprint density at radius 1 is 1.21 bits per heavy atom. The predicted molar refractivity (Wildman–Crippen MR) is 67.6 cm³/mol. The number of aliphatic carboxylic acids is 1. The highest BCUT2D eigenvalue weighted by atomic mass is 16.4. The minimum absolute atomic E-state index is 0.211. The fourth-order valence-electron chi connectivity index (χ4n) is 1.87. The van der Waals surface area contributed by atoms with Crippen molar-refractivity contribution in [3.8, 4) is 11.3 Å². The van der Waals surface area contributed by atoms with Crippen LogP contribution in [0.15, 0.2) is 42.6 Å². The van der Waals surface area contributed by atoms with Crippen LogP contribution in [0.1, 0.15) is 5.82 Å². The molecule has 0 bridgehead atoms. The van der Waals surface area contributed by atoms with E-state index in [1.165, 1.54) is 0 Å². The molecular weight excluding hydrogens is 244 g/mol. The number of benzene rings is 1. The number of fused-ring (bicyclic) bond motifs is 1. The number of carboxylic acids is 1.